The van der Waals surface area contributed by atoms with Crippen molar-refractivity contribution in [2.75, 3.05) is 5.32 Å². The minimum Gasteiger partial charge on any atom is -0.317 e. The number of nitrogens with zero attached hydrogens (tertiary/aromatic N) is 4. The summed E-state index contributed by atoms with van der Waals surface area (Å²) in [7, 11) is 1.74. The lowest BCUT2D eigenvalue weighted by Crippen LogP contribution is -2.17. The summed E-state index contributed by atoms with van der Waals surface area (Å²) in [5.41, 5.74) is 4.47. The molecule has 1 aromatic carbocycles. The molecule has 0 saturated carbocycles. The highest BCUT2D eigenvalue weighted by molar-refractivity contribution is 6.35. The summed E-state index contributed by atoms with van der Waals surface area (Å²) in [6.07, 6.45) is 0. The monoisotopic (exact) mass is 391 g/mol. The van der Waals surface area contributed by atoms with Crippen molar-refractivity contribution < 1.29 is 4.79 Å². The molecule has 6 nitrogen and oxygen atoms in total. The molecule has 0 atom stereocenters. The summed E-state index contributed by atoms with van der Waals surface area (Å²) in [5, 5.41) is 12.9. The number of rotatable bonds is 4. The van der Waals surface area contributed by atoms with Crippen molar-refractivity contribution in [3.63, 3.8) is 0 Å². The molecule has 8 heteroatoms. The number of amides is 1. The predicted octanol–water partition coefficient (Wildman–Crippen LogP) is 4.15. The number of benzene rings is 1. The second-order valence-electron chi connectivity index (χ2n) is 6.19. The molecule has 0 bridgehead atoms. The van der Waals surface area contributed by atoms with E-state index in [0.717, 1.165) is 22.6 Å². The van der Waals surface area contributed by atoms with Crippen molar-refractivity contribution >= 4 is 34.8 Å². The van der Waals surface area contributed by atoms with Crippen LogP contribution in [0.1, 0.15) is 33.1 Å². The summed E-state index contributed by atoms with van der Waals surface area (Å²) in [6, 6.07) is 7.12. The lowest BCUT2D eigenvalue weighted by molar-refractivity contribution is 0.101. The standard InChI is InChI=1S/C18H19Cl2N5O/c1-10-7-16(24(4)22-10)18(26)21-17-11(2)23-25(12(17)3)9-13-5-6-14(19)8-15(13)20/h5-8H,9H2,1-4H3,(H,21,26). The number of anilines is 1. The first-order valence-electron chi connectivity index (χ1n) is 8.06. The van der Waals surface area contributed by atoms with Gasteiger partial charge in [-0.25, -0.2) is 0 Å². The Bertz CT molecular complexity index is 990. The van der Waals surface area contributed by atoms with Crippen LogP contribution in [0.25, 0.3) is 0 Å². The van der Waals surface area contributed by atoms with Crippen LogP contribution in [-0.4, -0.2) is 25.5 Å². The third-order valence-corrected chi connectivity index (χ3v) is 4.78. The fourth-order valence-corrected chi connectivity index (χ4v) is 3.31. The second kappa shape index (κ2) is 7.13. The Morgan fingerprint density at radius 3 is 2.50 bits per heavy atom. The molecule has 0 aliphatic carbocycles. The van der Waals surface area contributed by atoms with E-state index in [1.807, 2.05) is 31.5 Å². The van der Waals surface area contributed by atoms with Gasteiger partial charge in [0.15, 0.2) is 0 Å². The first-order chi connectivity index (χ1) is 12.3. The number of halogens is 2. The minimum absolute atomic E-state index is 0.219. The molecule has 0 aliphatic rings. The van der Waals surface area contributed by atoms with E-state index in [4.69, 9.17) is 23.2 Å². The summed E-state index contributed by atoms with van der Waals surface area (Å²) in [5.74, 6) is -0.219. The van der Waals surface area contributed by atoms with Crippen LogP contribution in [-0.2, 0) is 13.6 Å². The maximum absolute atomic E-state index is 12.6. The normalized spacial score (nSPS) is 11.0. The largest absolute Gasteiger partial charge is 0.317 e. The number of aromatic nitrogens is 4. The lowest BCUT2D eigenvalue weighted by Gasteiger charge is -2.09. The molecule has 3 rings (SSSR count). The smallest absolute Gasteiger partial charge is 0.274 e. The Hall–Kier alpha value is -2.31. The number of hydrogen-bond donors (Lipinski definition) is 1. The highest BCUT2D eigenvalue weighted by Gasteiger charge is 2.18. The van der Waals surface area contributed by atoms with Crippen LogP contribution in [0.5, 0.6) is 0 Å². The van der Waals surface area contributed by atoms with E-state index in [-0.39, 0.29) is 5.91 Å². The van der Waals surface area contributed by atoms with E-state index < -0.39 is 0 Å². The molecule has 2 aromatic heterocycles. The fraction of sp³-hybridized carbons (Fsp3) is 0.278. The van der Waals surface area contributed by atoms with Crippen LogP contribution in [0, 0.1) is 20.8 Å². The van der Waals surface area contributed by atoms with Gasteiger partial charge in [0.2, 0.25) is 0 Å². The molecule has 1 N–H and O–H groups in total. The molecule has 2 heterocycles. The van der Waals surface area contributed by atoms with Gasteiger partial charge in [-0.1, -0.05) is 29.3 Å². The molecule has 0 unspecified atom stereocenters. The number of aryl methyl sites for hydroxylation is 3. The Labute approximate surface area is 161 Å². The summed E-state index contributed by atoms with van der Waals surface area (Å²) >= 11 is 12.2. The highest BCUT2D eigenvalue weighted by Crippen LogP contribution is 2.25. The zero-order valence-electron chi connectivity index (χ0n) is 15.0. The molecule has 26 heavy (non-hydrogen) atoms. The first kappa shape index (κ1) is 18.5. The van der Waals surface area contributed by atoms with E-state index in [9.17, 15) is 4.79 Å². The Morgan fingerprint density at radius 1 is 1.15 bits per heavy atom. The van der Waals surface area contributed by atoms with Gasteiger partial charge in [-0.05, 0) is 44.5 Å². The van der Waals surface area contributed by atoms with Crippen molar-refractivity contribution in [3.8, 4) is 0 Å². The van der Waals surface area contributed by atoms with Crippen molar-refractivity contribution in [3.05, 3.63) is 62.6 Å². The van der Waals surface area contributed by atoms with Gasteiger partial charge in [0.05, 0.1) is 29.3 Å². The maximum Gasteiger partial charge on any atom is 0.274 e. The molecule has 1 amide bonds. The van der Waals surface area contributed by atoms with Gasteiger partial charge in [-0.15, -0.1) is 0 Å². The van der Waals surface area contributed by atoms with Crippen LogP contribution in [0.2, 0.25) is 10.0 Å². The Kier molecular flexibility index (Phi) is 5.07. The molecule has 136 valence electrons. The average molecular weight is 392 g/mol. The molecule has 0 fully saturated rings. The van der Waals surface area contributed by atoms with Gasteiger partial charge >= 0.3 is 0 Å². The van der Waals surface area contributed by atoms with Crippen LogP contribution >= 0.6 is 23.2 Å². The number of carbonyl (C=O) groups excluding carboxylic acids is 1. The van der Waals surface area contributed by atoms with Gasteiger partial charge in [0, 0.05) is 17.1 Å². The Balaban J connectivity index is 1.86. The summed E-state index contributed by atoms with van der Waals surface area (Å²) in [4.78, 5) is 12.6. The molecular formula is C18H19Cl2N5O. The lowest BCUT2D eigenvalue weighted by atomic mass is 10.2. The van der Waals surface area contributed by atoms with E-state index in [0.29, 0.717) is 28.0 Å². The van der Waals surface area contributed by atoms with Crippen molar-refractivity contribution in [2.24, 2.45) is 7.05 Å². The van der Waals surface area contributed by atoms with Crippen LogP contribution in [0.15, 0.2) is 24.3 Å². The molecule has 0 radical (unpaired) electrons. The van der Waals surface area contributed by atoms with Crippen LogP contribution in [0.3, 0.4) is 0 Å². The number of carbonyl (C=O) groups is 1. The molecular weight excluding hydrogens is 373 g/mol. The van der Waals surface area contributed by atoms with E-state index in [1.165, 1.54) is 0 Å². The maximum atomic E-state index is 12.6. The summed E-state index contributed by atoms with van der Waals surface area (Å²) in [6.45, 7) is 6.11. The third kappa shape index (κ3) is 3.61. The van der Waals surface area contributed by atoms with Crippen LogP contribution < -0.4 is 5.32 Å². The molecule has 3 aromatic rings. The fourth-order valence-electron chi connectivity index (χ4n) is 2.84. The quantitative estimate of drug-likeness (QED) is 0.726. The number of hydrogen-bond acceptors (Lipinski definition) is 3. The third-order valence-electron chi connectivity index (χ3n) is 4.19. The minimum atomic E-state index is -0.219. The zero-order valence-corrected chi connectivity index (χ0v) is 16.5. The van der Waals surface area contributed by atoms with E-state index in [2.05, 4.69) is 15.5 Å². The van der Waals surface area contributed by atoms with Crippen LogP contribution in [0.4, 0.5) is 5.69 Å². The first-order valence-corrected chi connectivity index (χ1v) is 8.81. The van der Waals surface area contributed by atoms with Crippen molar-refractivity contribution in [1.82, 2.24) is 19.6 Å². The van der Waals surface area contributed by atoms with E-state index in [1.54, 1.807) is 29.9 Å². The highest BCUT2D eigenvalue weighted by atomic mass is 35.5. The second-order valence-corrected chi connectivity index (χ2v) is 7.03. The van der Waals surface area contributed by atoms with Gasteiger partial charge in [-0.3, -0.25) is 14.2 Å². The van der Waals surface area contributed by atoms with Crippen molar-refractivity contribution in [1.29, 1.82) is 0 Å². The van der Waals surface area contributed by atoms with Crippen molar-refractivity contribution in [2.45, 2.75) is 27.3 Å². The number of nitrogens with one attached hydrogen (secondary N) is 1. The molecule has 0 aliphatic heterocycles. The average Bonchev–Trinajstić information content (AvgIpc) is 3.03. The SMILES string of the molecule is Cc1cc(C(=O)Nc2c(C)nn(Cc3ccc(Cl)cc3Cl)c2C)n(C)n1. The predicted molar refractivity (Wildman–Crippen MR) is 103 cm³/mol. The van der Waals surface area contributed by atoms with Gasteiger partial charge < -0.3 is 5.32 Å². The summed E-state index contributed by atoms with van der Waals surface area (Å²) < 4.78 is 3.38. The zero-order chi connectivity index (χ0) is 19.0. The molecule has 0 spiro atoms. The van der Waals surface area contributed by atoms with Gasteiger partial charge in [-0.2, -0.15) is 10.2 Å². The van der Waals surface area contributed by atoms with E-state index >= 15 is 0 Å². The molecule has 0 saturated heterocycles. The van der Waals surface area contributed by atoms with Gasteiger partial charge in [0.1, 0.15) is 5.69 Å². The topological polar surface area (TPSA) is 64.7 Å². The Morgan fingerprint density at radius 2 is 1.88 bits per heavy atom. The van der Waals surface area contributed by atoms with Gasteiger partial charge in [0.25, 0.3) is 5.91 Å².